The quantitative estimate of drug-likeness (QED) is 0.219. The molecule has 0 radical (unpaired) electrons. The van der Waals surface area contributed by atoms with Crippen molar-refractivity contribution < 1.29 is 35.5 Å². The van der Waals surface area contributed by atoms with Gasteiger partial charge in [-0.3, -0.25) is 0 Å². The Labute approximate surface area is 204 Å². The molecule has 4 rings (SSSR count). The number of fused-ring (bicyclic) bond motifs is 3. The predicted molar refractivity (Wildman–Crippen MR) is 123 cm³/mol. The van der Waals surface area contributed by atoms with Gasteiger partial charge in [0.1, 0.15) is 17.2 Å². The summed E-state index contributed by atoms with van der Waals surface area (Å²) in [6.07, 6.45) is -2.14. The molecule has 0 bridgehead atoms. The summed E-state index contributed by atoms with van der Waals surface area (Å²) in [5.41, 5.74) is -2.61. The third-order valence-corrected chi connectivity index (χ3v) is 6.22. The number of ether oxygens (including phenoxy) is 1. The first-order valence-corrected chi connectivity index (χ1v) is 11.5. The molecule has 0 fully saturated rings. The van der Waals surface area contributed by atoms with E-state index < -0.39 is 52.8 Å². The van der Waals surface area contributed by atoms with Crippen molar-refractivity contribution in [2.24, 2.45) is 0 Å². The second-order valence-electron chi connectivity index (χ2n) is 8.76. The molecule has 0 aromatic heterocycles. The summed E-state index contributed by atoms with van der Waals surface area (Å²) in [5, 5.41) is 0. The first kappa shape index (κ1) is 25.8. The molecule has 0 saturated carbocycles. The van der Waals surface area contributed by atoms with Crippen molar-refractivity contribution in [1.82, 2.24) is 0 Å². The number of aryl methyl sites for hydroxylation is 2. The van der Waals surface area contributed by atoms with Gasteiger partial charge in [-0.2, -0.15) is 8.78 Å². The van der Waals surface area contributed by atoms with Gasteiger partial charge in [0.2, 0.25) is 0 Å². The maximum Gasteiger partial charge on any atom is 0.429 e. The van der Waals surface area contributed by atoms with Gasteiger partial charge in [0.25, 0.3) is 5.92 Å². The Balaban J connectivity index is 1.74. The molecule has 0 atom stereocenters. The van der Waals surface area contributed by atoms with Gasteiger partial charge in [0.15, 0.2) is 11.6 Å². The molecule has 36 heavy (non-hydrogen) atoms. The van der Waals surface area contributed by atoms with Crippen LogP contribution in [0.5, 0.6) is 5.75 Å². The predicted octanol–water partition coefficient (Wildman–Crippen LogP) is 8.62. The number of hydrogen-bond acceptors (Lipinski definition) is 1. The van der Waals surface area contributed by atoms with Crippen LogP contribution in [0.25, 0.3) is 11.1 Å². The highest BCUT2D eigenvalue weighted by atomic mass is 19.3. The minimum Gasteiger partial charge on any atom is -0.426 e. The zero-order valence-electron chi connectivity index (χ0n) is 19.4. The summed E-state index contributed by atoms with van der Waals surface area (Å²) < 4.78 is 109. The largest absolute Gasteiger partial charge is 0.429 e. The zero-order chi connectivity index (χ0) is 26.3. The van der Waals surface area contributed by atoms with Gasteiger partial charge in [-0.25, -0.2) is 22.0 Å². The van der Waals surface area contributed by atoms with Crippen molar-refractivity contribution in [3.8, 4) is 16.9 Å². The molecule has 3 aromatic carbocycles. The molecule has 1 aliphatic rings. The maximum absolute atomic E-state index is 15.3. The third kappa shape index (κ3) is 4.61. The highest BCUT2D eigenvalue weighted by Crippen LogP contribution is 2.49. The average Bonchev–Trinajstić information content (AvgIpc) is 2.81. The van der Waals surface area contributed by atoms with Crippen LogP contribution >= 0.6 is 0 Å². The van der Waals surface area contributed by atoms with E-state index in [9.17, 15) is 17.6 Å². The zero-order valence-corrected chi connectivity index (χ0v) is 19.4. The monoisotopic (exact) mass is 508 g/mol. The fraction of sp³-hybridized carbons (Fsp3) is 0.286. The Morgan fingerprint density at radius 1 is 0.972 bits per heavy atom. The molecular weight excluding hydrogens is 485 g/mol. The molecule has 0 spiro atoms. The van der Waals surface area contributed by atoms with E-state index in [0.29, 0.717) is 37.3 Å². The number of hydrogen-bond donors (Lipinski definition) is 0. The highest BCUT2D eigenvalue weighted by molar-refractivity contribution is 5.75. The second-order valence-corrected chi connectivity index (χ2v) is 8.76. The Morgan fingerprint density at radius 2 is 1.69 bits per heavy atom. The second kappa shape index (κ2) is 9.64. The Bertz CT molecular complexity index is 1310. The third-order valence-electron chi connectivity index (χ3n) is 6.22. The fourth-order valence-electron chi connectivity index (χ4n) is 4.50. The molecule has 0 aliphatic heterocycles. The summed E-state index contributed by atoms with van der Waals surface area (Å²) in [7, 11) is 0. The molecule has 190 valence electrons. The summed E-state index contributed by atoms with van der Waals surface area (Å²) in [4.78, 5) is 0. The minimum atomic E-state index is -4.46. The van der Waals surface area contributed by atoms with Gasteiger partial charge in [-0.05, 0) is 59.7 Å². The molecule has 0 heterocycles. The normalized spacial score (nSPS) is 14.2. The molecule has 0 unspecified atom stereocenters. The van der Waals surface area contributed by atoms with Crippen LogP contribution in [0.15, 0.2) is 55.1 Å². The number of halogens is 7. The first-order valence-electron chi connectivity index (χ1n) is 11.5. The van der Waals surface area contributed by atoms with E-state index in [1.807, 2.05) is 6.92 Å². The van der Waals surface area contributed by atoms with Crippen LogP contribution in [0, 0.1) is 17.5 Å². The van der Waals surface area contributed by atoms with Crippen LogP contribution in [-0.4, -0.2) is 0 Å². The lowest BCUT2D eigenvalue weighted by atomic mass is 9.80. The molecule has 0 amide bonds. The van der Waals surface area contributed by atoms with Crippen molar-refractivity contribution in [2.45, 2.75) is 51.1 Å². The van der Waals surface area contributed by atoms with E-state index in [0.717, 1.165) is 18.2 Å². The van der Waals surface area contributed by atoms with Gasteiger partial charge >= 0.3 is 6.11 Å². The van der Waals surface area contributed by atoms with Crippen LogP contribution in [-0.2, 0) is 31.3 Å². The van der Waals surface area contributed by atoms with E-state index in [1.54, 1.807) is 6.08 Å². The van der Waals surface area contributed by atoms with E-state index in [2.05, 4.69) is 11.3 Å². The lowest BCUT2D eigenvalue weighted by molar-refractivity contribution is -0.189. The minimum absolute atomic E-state index is 0.0177. The van der Waals surface area contributed by atoms with Crippen molar-refractivity contribution >= 4 is 0 Å². The van der Waals surface area contributed by atoms with E-state index in [-0.39, 0.29) is 22.3 Å². The Kier molecular flexibility index (Phi) is 6.90. The maximum atomic E-state index is 15.3. The molecule has 1 nitrogen and oxygen atoms in total. The van der Waals surface area contributed by atoms with Crippen molar-refractivity contribution in [3.05, 3.63) is 100 Å². The van der Waals surface area contributed by atoms with E-state index >= 15 is 13.2 Å². The van der Waals surface area contributed by atoms with Crippen LogP contribution in [0.4, 0.5) is 30.7 Å². The van der Waals surface area contributed by atoms with Gasteiger partial charge in [0.05, 0.1) is 5.56 Å². The topological polar surface area (TPSA) is 9.23 Å². The Morgan fingerprint density at radius 3 is 2.36 bits per heavy atom. The molecule has 0 saturated heterocycles. The van der Waals surface area contributed by atoms with Crippen molar-refractivity contribution in [2.75, 3.05) is 0 Å². The lowest BCUT2D eigenvalue weighted by Gasteiger charge is -2.30. The van der Waals surface area contributed by atoms with Crippen LogP contribution in [0.2, 0.25) is 0 Å². The SMILES string of the molecule is C=CCCc1ccc(OC(F)(F)c2ccc3c(c2F)C(F)(F)Cc2c-3ccc(CCC)c2F)c(F)c1. The number of alkyl halides is 4. The van der Waals surface area contributed by atoms with Crippen LogP contribution in [0.1, 0.15) is 47.6 Å². The van der Waals surface area contributed by atoms with Crippen molar-refractivity contribution in [1.29, 1.82) is 0 Å². The summed E-state index contributed by atoms with van der Waals surface area (Å²) >= 11 is 0. The molecule has 8 heteroatoms. The molecule has 0 N–H and O–H groups in total. The lowest BCUT2D eigenvalue weighted by Crippen LogP contribution is -2.30. The number of benzene rings is 3. The van der Waals surface area contributed by atoms with E-state index in [1.165, 1.54) is 18.2 Å². The number of allylic oxidation sites excluding steroid dienone is 1. The van der Waals surface area contributed by atoms with Crippen LogP contribution in [0.3, 0.4) is 0 Å². The van der Waals surface area contributed by atoms with Gasteiger partial charge in [0, 0.05) is 12.0 Å². The van der Waals surface area contributed by atoms with Gasteiger partial charge in [-0.1, -0.05) is 43.7 Å². The average molecular weight is 508 g/mol. The molecule has 3 aromatic rings. The Hall–Kier alpha value is -3.29. The summed E-state index contributed by atoms with van der Waals surface area (Å²) in [6.45, 7) is 5.36. The number of rotatable bonds is 8. The molecular formula is C28H23F7O. The standard InChI is InChI=1S/C28H23F7O/c1-3-5-7-16-8-13-23(22(29)14-16)36-28(34,35)21-12-11-19-18-10-9-17(6-4-2)25(30)20(18)15-27(32,33)24(19)26(21)31/h3,8-14H,1,4-7,15H2,2H3. The van der Waals surface area contributed by atoms with Gasteiger partial charge < -0.3 is 4.74 Å². The summed E-state index contributed by atoms with van der Waals surface area (Å²) in [6, 6.07) is 7.67. The first-order chi connectivity index (χ1) is 17.0. The smallest absolute Gasteiger partial charge is 0.426 e. The summed E-state index contributed by atoms with van der Waals surface area (Å²) in [5.74, 6) is -8.60. The molecule has 1 aliphatic carbocycles. The van der Waals surface area contributed by atoms with Crippen molar-refractivity contribution in [3.63, 3.8) is 0 Å². The van der Waals surface area contributed by atoms with E-state index in [4.69, 9.17) is 0 Å². The fourth-order valence-corrected chi connectivity index (χ4v) is 4.50. The van der Waals surface area contributed by atoms with Crippen LogP contribution < -0.4 is 4.74 Å². The highest BCUT2D eigenvalue weighted by Gasteiger charge is 2.48. The van der Waals surface area contributed by atoms with Gasteiger partial charge in [-0.15, -0.1) is 6.58 Å².